The molecule has 0 radical (unpaired) electrons. The van der Waals surface area contributed by atoms with Gasteiger partial charge < -0.3 is 10.2 Å². The molecule has 0 heterocycles. The van der Waals surface area contributed by atoms with Crippen LogP contribution >= 0.6 is 0 Å². The van der Waals surface area contributed by atoms with Crippen molar-refractivity contribution < 1.29 is 10.2 Å². The molecule has 0 spiro atoms. The number of rotatable bonds is 3. The SMILES string of the molecule is CC(c1cc(O)cc(O)c1)N(C)C1CCCCCC1. The second-order valence-electron chi connectivity index (χ2n) is 5.77. The van der Waals surface area contributed by atoms with Crippen molar-refractivity contribution in [3.05, 3.63) is 23.8 Å². The van der Waals surface area contributed by atoms with Crippen LogP contribution in [-0.4, -0.2) is 28.2 Å². The Morgan fingerprint density at radius 3 is 2.05 bits per heavy atom. The minimum atomic E-state index is 0.135. The van der Waals surface area contributed by atoms with Crippen molar-refractivity contribution in [2.75, 3.05) is 7.05 Å². The zero-order valence-electron chi connectivity index (χ0n) is 12.0. The van der Waals surface area contributed by atoms with E-state index < -0.39 is 0 Å². The van der Waals surface area contributed by atoms with Crippen LogP contribution in [0.3, 0.4) is 0 Å². The lowest BCUT2D eigenvalue weighted by molar-refractivity contribution is 0.168. The van der Waals surface area contributed by atoms with Gasteiger partial charge in [-0.25, -0.2) is 0 Å². The van der Waals surface area contributed by atoms with E-state index in [2.05, 4.69) is 18.9 Å². The Morgan fingerprint density at radius 1 is 1.00 bits per heavy atom. The molecular formula is C16H25NO2. The molecule has 0 aliphatic heterocycles. The highest BCUT2D eigenvalue weighted by atomic mass is 16.3. The standard InChI is InChI=1S/C16H25NO2/c1-12(13-9-15(18)11-16(19)10-13)17(2)14-7-5-3-4-6-8-14/h9-12,14,18-19H,3-8H2,1-2H3. The molecule has 1 unspecified atom stereocenters. The molecule has 1 fully saturated rings. The van der Waals surface area contributed by atoms with Gasteiger partial charge in [0.2, 0.25) is 0 Å². The van der Waals surface area contributed by atoms with Crippen LogP contribution in [-0.2, 0) is 0 Å². The molecule has 1 aliphatic rings. The van der Waals surface area contributed by atoms with Gasteiger partial charge in [-0.1, -0.05) is 25.7 Å². The maximum Gasteiger partial charge on any atom is 0.119 e. The summed E-state index contributed by atoms with van der Waals surface area (Å²) in [6.07, 6.45) is 7.84. The van der Waals surface area contributed by atoms with Crippen molar-refractivity contribution in [2.24, 2.45) is 0 Å². The van der Waals surface area contributed by atoms with E-state index in [9.17, 15) is 10.2 Å². The van der Waals surface area contributed by atoms with Gasteiger partial charge in [-0.05, 0) is 44.5 Å². The third-order valence-corrected chi connectivity index (χ3v) is 4.42. The van der Waals surface area contributed by atoms with Crippen molar-refractivity contribution >= 4 is 0 Å². The first-order valence-corrected chi connectivity index (χ1v) is 7.33. The van der Waals surface area contributed by atoms with Gasteiger partial charge in [0.1, 0.15) is 11.5 Å². The van der Waals surface area contributed by atoms with Crippen molar-refractivity contribution in [3.8, 4) is 11.5 Å². The van der Waals surface area contributed by atoms with Gasteiger partial charge in [-0.2, -0.15) is 0 Å². The summed E-state index contributed by atoms with van der Waals surface area (Å²) in [5.41, 5.74) is 0.976. The molecule has 1 aromatic carbocycles. The molecule has 0 aromatic heterocycles. The molecule has 106 valence electrons. The van der Waals surface area contributed by atoms with E-state index in [1.54, 1.807) is 12.1 Å². The number of phenols is 2. The Balaban J connectivity index is 2.10. The van der Waals surface area contributed by atoms with Gasteiger partial charge in [0.05, 0.1) is 0 Å². The highest BCUT2D eigenvalue weighted by Gasteiger charge is 2.22. The van der Waals surface area contributed by atoms with Crippen molar-refractivity contribution in [1.82, 2.24) is 4.90 Å². The summed E-state index contributed by atoms with van der Waals surface area (Å²) in [6.45, 7) is 2.14. The first-order valence-electron chi connectivity index (χ1n) is 7.33. The van der Waals surface area contributed by atoms with Gasteiger partial charge in [0, 0.05) is 18.2 Å². The summed E-state index contributed by atoms with van der Waals surface area (Å²) in [7, 11) is 2.15. The molecule has 0 amide bonds. The molecule has 1 atom stereocenters. The summed E-state index contributed by atoms with van der Waals surface area (Å²) in [5, 5.41) is 19.2. The van der Waals surface area contributed by atoms with E-state index in [0.29, 0.717) is 6.04 Å². The van der Waals surface area contributed by atoms with Crippen LogP contribution in [0.25, 0.3) is 0 Å². The lowest BCUT2D eigenvalue weighted by Crippen LogP contribution is -2.33. The van der Waals surface area contributed by atoms with Gasteiger partial charge in [0.15, 0.2) is 0 Å². The Kier molecular flexibility index (Phi) is 4.70. The largest absolute Gasteiger partial charge is 0.508 e. The zero-order chi connectivity index (χ0) is 13.8. The van der Waals surface area contributed by atoms with Crippen LogP contribution < -0.4 is 0 Å². The highest BCUT2D eigenvalue weighted by Crippen LogP contribution is 2.31. The van der Waals surface area contributed by atoms with E-state index in [1.807, 2.05) is 0 Å². The molecule has 1 saturated carbocycles. The summed E-state index contributed by atoms with van der Waals surface area (Å²) < 4.78 is 0. The lowest BCUT2D eigenvalue weighted by Gasteiger charge is -2.33. The maximum absolute atomic E-state index is 9.60. The third-order valence-electron chi connectivity index (χ3n) is 4.42. The van der Waals surface area contributed by atoms with Crippen LogP contribution in [0.5, 0.6) is 11.5 Å². The normalized spacial score (nSPS) is 19.3. The lowest BCUT2D eigenvalue weighted by atomic mass is 10.0. The average molecular weight is 263 g/mol. The van der Waals surface area contributed by atoms with E-state index >= 15 is 0 Å². The minimum Gasteiger partial charge on any atom is -0.508 e. The Bertz CT molecular complexity index is 391. The second kappa shape index (κ2) is 6.29. The topological polar surface area (TPSA) is 43.7 Å². The van der Waals surface area contributed by atoms with Gasteiger partial charge in [-0.3, -0.25) is 4.90 Å². The fourth-order valence-electron chi connectivity index (χ4n) is 3.08. The van der Waals surface area contributed by atoms with Gasteiger partial charge in [-0.15, -0.1) is 0 Å². The molecule has 1 aliphatic carbocycles. The van der Waals surface area contributed by atoms with Crippen molar-refractivity contribution in [2.45, 2.75) is 57.5 Å². The number of hydrogen-bond donors (Lipinski definition) is 2. The molecule has 0 bridgehead atoms. The first-order chi connectivity index (χ1) is 9.08. The van der Waals surface area contributed by atoms with E-state index in [1.165, 1.54) is 44.6 Å². The van der Waals surface area contributed by atoms with Crippen molar-refractivity contribution in [3.63, 3.8) is 0 Å². The Hall–Kier alpha value is -1.22. The van der Waals surface area contributed by atoms with Gasteiger partial charge >= 0.3 is 0 Å². The number of phenolic OH excluding ortho intramolecular Hbond substituents is 2. The number of nitrogens with zero attached hydrogens (tertiary/aromatic N) is 1. The van der Waals surface area contributed by atoms with Crippen LogP contribution in [0, 0.1) is 0 Å². The minimum absolute atomic E-state index is 0.135. The van der Waals surface area contributed by atoms with Crippen LogP contribution in [0.2, 0.25) is 0 Å². The quantitative estimate of drug-likeness (QED) is 0.815. The highest BCUT2D eigenvalue weighted by molar-refractivity contribution is 5.38. The summed E-state index contributed by atoms with van der Waals surface area (Å²) >= 11 is 0. The Labute approximate surface area is 115 Å². The van der Waals surface area contributed by atoms with Crippen LogP contribution in [0.4, 0.5) is 0 Å². The van der Waals surface area contributed by atoms with Crippen molar-refractivity contribution in [1.29, 1.82) is 0 Å². The molecule has 2 N–H and O–H groups in total. The fourth-order valence-corrected chi connectivity index (χ4v) is 3.08. The smallest absolute Gasteiger partial charge is 0.119 e. The van der Waals surface area contributed by atoms with Crippen LogP contribution in [0.1, 0.15) is 57.1 Å². The molecular weight excluding hydrogens is 238 g/mol. The van der Waals surface area contributed by atoms with E-state index in [4.69, 9.17) is 0 Å². The maximum atomic E-state index is 9.60. The number of benzene rings is 1. The predicted octanol–water partition coefficient (Wildman–Crippen LogP) is 3.81. The molecule has 0 saturated heterocycles. The molecule has 19 heavy (non-hydrogen) atoms. The molecule has 2 rings (SSSR count). The summed E-state index contributed by atoms with van der Waals surface area (Å²) in [5.74, 6) is 0.271. The predicted molar refractivity (Wildman–Crippen MR) is 77.4 cm³/mol. The zero-order valence-corrected chi connectivity index (χ0v) is 12.0. The fraction of sp³-hybridized carbons (Fsp3) is 0.625. The second-order valence-corrected chi connectivity index (χ2v) is 5.77. The Morgan fingerprint density at radius 2 is 1.53 bits per heavy atom. The summed E-state index contributed by atoms with van der Waals surface area (Å²) in [6, 6.07) is 5.69. The molecule has 1 aromatic rings. The van der Waals surface area contributed by atoms with E-state index in [0.717, 1.165) is 5.56 Å². The third kappa shape index (κ3) is 3.63. The van der Waals surface area contributed by atoms with Gasteiger partial charge in [0.25, 0.3) is 0 Å². The monoisotopic (exact) mass is 263 g/mol. The molecule has 3 heteroatoms. The number of hydrogen-bond acceptors (Lipinski definition) is 3. The van der Waals surface area contributed by atoms with E-state index in [-0.39, 0.29) is 17.5 Å². The summed E-state index contributed by atoms with van der Waals surface area (Å²) in [4.78, 5) is 2.39. The first kappa shape index (κ1) is 14.2. The molecule has 3 nitrogen and oxygen atoms in total. The number of aromatic hydroxyl groups is 2. The van der Waals surface area contributed by atoms with Crippen LogP contribution in [0.15, 0.2) is 18.2 Å². The average Bonchev–Trinajstić information content (AvgIpc) is 2.64.